The molecule has 0 unspecified atom stereocenters. The Kier molecular flexibility index (Phi) is 5.27. The van der Waals surface area contributed by atoms with Crippen LogP contribution in [0.2, 0.25) is 0 Å². The lowest BCUT2D eigenvalue weighted by Crippen LogP contribution is -2.46. The zero-order chi connectivity index (χ0) is 15.3. The summed E-state index contributed by atoms with van der Waals surface area (Å²) < 4.78 is 0. The first-order valence-electron chi connectivity index (χ1n) is 8.09. The monoisotopic (exact) mass is 288 g/mol. The highest BCUT2D eigenvalue weighted by molar-refractivity contribution is 5.74. The van der Waals surface area contributed by atoms with Crippen molar-refractivity contribution in [2.24, 2.45) is 0 Å². The van der Waals surface area contributed by atoms with Crippen molar-refractivity contribution in [2.45, 2.75) is 64.3 Å². The van der Waals surface area contributed by atoms with Crippen molar-refractivity contribution in [3.63, 3.8) is 0 Å². The molecule has 1 aliphatic rings. The van der Waals surface area contributed by atoms with Gasteiger partial charge < -0.3 is 10.6 Å². The van der Waals surface area contributed by atoms with Crippen LogP contribution in [0.5, 0.6) is 0 Å². The highest BCUT2D eigenvalue weighted by Gasteiger charge is 2.22. The Bertz CT molecular complexity index is 459. The lowest BCUT2D eigenvalue weighted by molar-refractivity contribution is 0.230. The second kappa shape index (κ2) is 6.97. The van der Waals surface area contributed by atoms with Crippen LogP contribution < -0.4 is 10.6 Å². The highest BCUT2D eigenvalue weighted by atomic mass is 16.2. The maximum atomic E-state index is 12.0. The molecule has 3 heteroatoms. The maximum absolute atomic E-state index is 12.0. The topological polar surface area (TPSA) is 41.1 Å². The van der Waals surface area contributed by atoms with Crippen molar-refractivity contribution < 1.29 is 4.79 Å². The molecule has 0 bridgehead atoms. The van der Waals surface area contributed by atoms with Gasteiger partial charge in [-0.05, 0) is 25.3 Å². The van der Waals surface area contributed by atoms with E-state index in [-0.39, 0.29) is 11.4 Å². The molecule has 1 fully saturated rings. The fraction of sp³-hybridized carbons (Fsp3) is 0.611. The molecule has 2 N–H and O–H groups in total. The molecule has 0 heterocycles. The van der Waals surface area contributed by atoms with Crippen LogP contribution in [0.1, 0.15) is 57.1 Å². The van der Waals surface area contributed by atoms with Crippen molar-refractivity contribution in [3.8, 4) is 0 Å². The second-order valence-electron chi connectivity index (χ2n) is 6.91. The molecule has 1 aromatic rings. The van der Waals surface area contributed by atoms with Crippen molar-refractivity contribution >= 4 is 6.03 Å². The maximum Gasteiger partial charge on any atom is 0.315 e. The Hall–Kier alpha value is -1.51. The molecule has 0 atom stereocenters. The Labute approximate surface area is 128 Å². The van der Waals surface area contributed by atoms with E-state index in [4.69, 9.17) is 0 Å². The summed E-state index contributed by atoms with van der Waals surface area (Å²) in [5, 5.41) is 6.14. The fourth-order valence-corrected chi connectivity index (χ4v) is 2.89. The standard InChI is InChI=1S/C18H28N2O/c1-14-9-11-15(12-10-14)18(2,3)13-19-17(21)20-16-7-5-4-6-8-16/h9-12,16H,4-8,13H2,1-3H3,(H2,19,20,21). The van der Waals surface area contributed by atoms with Crippen molar-refractivity contribution in [1.82, 2.24) is 10.6 Å². The fourth-order valence-electron chi connectivity index (χ4n) is 2.89. The quantitative estimate of drug-likeness (QED) is 0.866. The van der Waals surface area contributed by atoms with E-state index in [1.165, 1.54) is 30.4 Å². The van der Waals surface area contributed by atoms with Gasteiger partial charge in [0.1, 0.15) is 0 Å². The number of hydrogen-bond acceptors (Lipinski definition) is 1. The van der Waals surface area contributed by atoms with Crippen LogP contribution in [-0.4, -0.2) is 18.6 Å². The van der Waals surface area contributed by atoms with E-state index in [1.54, 1.807) is 0 Å². The van der Waals surface area contributed by atoms with Crippen LogP contribution in [0.3, 0.4) is 0 Å². The van der Waals surface area contributed by atoms with Gasteiger partial charge in [-0.2, -0.15) is 0 Å². The van der Waals surface area contributed by atoms with Gasteiger partial charge in [0.15, 0.2) is 0 Å². The minimum Gasteiger partial charge on any atom is -0.337 e. The number of carbonyl (C=O) groups excluding carboxylic acids is 1. The van der Waals surface area contributed by atoms with Gasteiger partial charge in [-0.3, -0.25) is 0 Å². The third-order valence-corrected chi connectivity index (χ3v) is 4.46. The molecule has 2 rings (SSSR count). The first-order chi connectivity index (χ1) is 9.97. The molecule has 1 aromatic carbocycles. The predicted octanol–water partition coefficient (Wildman–Crippen LogP) is 3.90. The van der Waals surface area contributed by atoms with Gasteiger partial charge >= 0.3 is 6.03 Å². The van der Waals surface area contributed by atoms with E-state index in [2.05, 4.69) is 55.7 Å². The first kappa shape index (κ1) is 15.9. The summed E-state index contributed by atoms with van der Waals surface area (Å²) in [6, 6.07) is 8.88. The molecule has 2 amide bonds. The van der Waals surface area contributed by atoms with Crippen LogP contribution >= 0.6 is 0 Å². The van der Waals surface area contributed by atoms with Crippen LogP contribution in [0, 0.1) is 6.92 Å². The zero-order valence-electron chi connectivity index (χ0n) is 13.5. The third-order valence-electron chi connectivity index (χ3n) is 4.46. The van der Waals surface area contributed by atoms with E-state index in [1.807, 2.05) is 0 Å². The minimum atomic E-state index is -0.0579. The van der Waals surface area contributed by atoms with E-state index in [0.29, 0.717) is 12.6 Å². The number of rotatable bonds is 4. The highest BCUT2D eigenvalue weighted by Crippen LogP contribution is 2.22. The SMILES string of the molecule is Cc1ccc(C(C)(C)CNC(=O)NC2CCCCC2)cc1. The summed E-state index contributed by atoms with van der Waals surface area (Å²) in [7, 11) is 0. The Balaban J connectivity index is 1.82. The number of benzene rings is 1. The second-order valence-corrected chi connectivity index (χ2v) is 6.91. The predicted molar refractivity (Wildman–Crippen MR) is 87.6 cm³/mol. The number of urea groups is 1. The summed E-state index contributed by atoms with van der Waals surface area (Å²) in [6.45, 7) is 7.07. The molecule has 1 aliphatic carbocycles. The first-order valence-corrected chi connectivity index (χ1v) is 8.09. The molecule has 0 aromatic heterocycles. The number of hydrogen-bond donors (Lipinski definition) is 2. The summed E-state index contributed by atoms with van der Waals surface area (Å²) >= 11 is 0. The molecule has 116 valence electrons. The van der Waals surface area contributed by atoms with Gasteiger partial charge in [0.25, 0.3) is 0 Å². The smallest absolute Gasteiger partial charge is 0.315 e. The zero-order valence-corrected chi connectivity index (χ0v) is 13.5. The lowest BCUT2D eigenvalue weighted by atomic mass is 9.84. The molecule has 1 saturated carbocycles. The molecule has 21 heavy (non-hydrogen) atoms. The molecule has 3 nitrogen and oxygen atoms in total. The Morgan fingerprint density at radius 2 is 1.76 bits per heavy atom. The van der Waals surface area contributed by atoms with Crippen molar-refractivity contribution in [3.05, 3.63) is 35.4 Å². The van der Waals surface area contributed by atoms with Gasteiger partial charge in [0.05, 0.1) is 0 Å². The molecule has 0 saturated heterocycles. The largest absolute Gasteiger partial charge is 0.337 e. The van der Waals surface area contributed by atoms with Crippen LogP contribution in [-0.2, 0) is 5.41 Å². The minimum absolute atomic E-state index is 0.0258. The summed E-state index contributed by atoms with van der Waals surface area (Å²) in [5.74, 6) is 0. The van der Waals surface area contributed by atoms with Crippen LogP contribution in [0.4, 0.5) is 4.79 Å². The summed E-state index contributed by atoms with van der Waals surface area (Å²) in [6.07, 6.45) is 6.02. The molecular formula is C18H28N2O. The molecular weight excluding hydrogens is 260 g/mol. The summed E-state index contributed by atoms with van der Waals surface area (Å²) in [5.41, 5.74) is 2.46. The Morgan fingerprint density at radius 3 is 2.38 bits per heavy atom. The number of aryl methyl sites for hydroxylation is 1. The van der Waals surface area contributed by atoms with Crippen molar-refractivity contribution in [1.29, 1.82) is 0 Å². The number of amides is 2. The van der Waals surface area contributed by atoms with Gasteiger partial charge in [0, 0.05) is 18.0 Å². The normalized spacial score (nSPS) is 16.5. The molecule has 0 radical (unpaired) electrons. The molecule has 0 aliphatic heterocycles. The average Bonchev–Trinajstić information content (AvgIpc) is 2.47. The van der Waals surface area contributed by atoms with Crippen molar-refractivity contribution in [2.75, 3.05) is 6.54 Å². The lowest BCUT2D eigenvalue weighted by Gasteiger charge is -2.27. The van der Waals surface area contributed by atoms with Gasteiger partial charge in [-0.25, -0.2) is 4.79 Å². The van der Waals surface area contributed by atoms with E-state index < -0.39 is 0 Å². The number of carbonyl (C=O) groups is 1. The van der Waals surface area contributed by atoms with Gasteiger partial charge in [-0.15, -0.1) is 0 Å². The van der Waals surface area contributed by atoms with E-state index in [0.717, 1.165) is 12.8 Å². The Morgan fingerprint density at radius 1 is 1.14 bits per heavy atom. The average molecular weight is 288 g/mol. The summed E-state index contributed by atoms with van der Waals surface area (Å²) in [4.78, 5) is 12.0. The van der Waals surface area contributed by atoms with Gasteiger partial charge in [0.2, 0.25) is 0 Å². The molecule has 0 spiro atoms. The van der Waals surface area contributed by atoms with Crippen LogP contribution in [0.25, 0.3) is 0 Å². The number of nitrogens with one attached hydrogen (secondary N) is 2. The van der Waals surface area contributed by atoms with E-state index in [9.17, 15) is 4.79 Å². The van der Waals surface area contributed by atoms with E-state index >= 15 is 0 Å². The third kappa shape index (κ3) is 4.76. The van der Waals surface area contributed by atoms with Crippen LogP contribution in [0.15, 0.2) is 24.3 Å². The van der Waals surface area contributed by atoms with Gasteiger partial charge in [-0.1, -0.05) is 62.9 Å².